The molecule has 0 spiro atoms. The number of hydrogen-bond donors (Lipinski definition) is 2. The Kier molecular flexibility index (Phi) is 11.5. The predicted octanol–water partition coefficient (Wildman–Crippen LogP) is 6.47. The number of carbonyl (C=O) groups is 2. The Morgan fingerprint density at radius 1 is 1.15 bits per heavy atom. The molecule has 2 N–H and O–H groups in total. The summed E-state index contributed by atoms with van der Waals surface area (Å²) < 4.78 is 46.0. The minimum absolute atomic E-state index is 0. The van der Waals surface area contributed by atoms with Gasteiger partial charge in [0.05, 0.1) is 23.2 Å². The molecule has 0 aliphatic heterocycles. The summed E-state index contributed by atoms with van der Waals surface area (Å²) in [4.78, 5) is 30.6. The van der Waals surface area contributed by atoms with Gasteiger partial charge < -0.3 is 14.7 Å². The van der Waals surface area contributed by atoms with Crippen LogP contribution in [0.25, 0.3) is 10.8 Å². The van der Waals surface area contributed by atoms with Crippen molar-refractivity contribution < 1.29 is 32.6 Å². The Bertz CT molecular complexity index is 1270. The molecule has 2 aromatic carbocycles. The van der Waals surface area contributed by atoms with E-state index >= 15 is 0 Å². The number of aromatic nitrogens is 1. The molecule has 0 unspecified atom stereocenters. The number of anilines is 1. The zero-order chi connectivity index (χ0) is 27.9. The van der Waals surface area contributed by atoms with Crippen LogP contribution >= 0.6 is 11.6 Å². The monoisotopic (exact) mass is 567 g/mol. The van der Waals surface area contributed by atoms with E-state index < -0.39 is 49.0 Å². The number of aliphatic hydroxyl groups is 1. The Labute approximate surface area is 230 Å². The first-order valence-corrected chi connectivity index (χ1v) is 12.3. The minimum atomic E-state index is -2.88. The summed E-state index contributed by atoms with van der Waals surface area (Å²) in [6.45, 7) is 1.52. The van der Waals surface area contributed by atoms with Crippen LogP contribution in [-0.2, 0) is 16.0 Å². The number of nitrogens with one attached hydrogen (secondary N) is 1. The largest absolute Gasteiger partial charge is 0.447 e. The molecular weight excluding hydrogens is 535 g/mol. The third-order valence-corrected chi connectivity index (χ3v) is 6.16. The minimum Gasteiger partial charge on any atom is -0.447 e. The van der Waals surface area contributed by atoms with Gasteiger partial charge in [0.25, 0.3) is 6.43 Å². The second kappa shape index (κ2) is 14.1. The molecule has 0 aliphatic carbocycles. The Hall–Kier alpha value is -3.37. The summed E-state index contributed by atoms with van der Waals surface area (Å²) in [6.07, 6.45) is -2.57. The molecule has 1 heterocycles. The van der Waals surface area contributed by atoms with Crippen molar-refractivity contribution in [1.82, 2.24) is 9.88 Å². The Balaban J connectivity index is 0.00000533. The maximum Gasteiger partial charge on any atom is 0.412 e. The molecule has 2 amide bonds. The van der Waals surface area contributed by atoms with Crippen LogP contribution in [0.5, 0.6) is 0 Å². The first-order chi connectivity index (χ1) is 17.9. The molecule has 0 saturated heterocycles. The number of carbonyl (C=O) groups excluding carboxylic acids is 2. The van der Waals surface area contributed by atoms with Gasteiger partial charge >= 0.3 is 6.09 Å². The number of benzene rings is 2. The van der Waals surface area contributed by atoms with Gasteiger partial charge in [0.15, 0.2) is 0 Å². The Morgan fingerprint density at radius 2 is 1.85 bits per heavy atom. The molecule has 1 aromatic heterocycles. The summed E-state index contributed by atoms with van der Waals surface area (Å²) in [5.74, 6) is -1.11. The first-order valence-electron chi connectivity index (χ1n) is 11.9. The molecule has 212 valence electrons. The van der Waals surface area contributed by atoms with E-state index in [0.29, 0.717) is 5.56 Å². The van der Waals surface area contributed by atoms with Gasteiger partial charge in [-0.3, -0.25) is 10.1 Å². The standard InChI is InChI=1S/C27H29ClF3N3O4.CH4/c1-27(2,37)13-20(16-38-26(36)33-23-12-18-6-3-4-7-19(18)14-32-23)34(15-22(30)31)24(35)11-10-17-8-5-9-21(29)25(17)28;/h3-9,12,14,20,22,37H,10-11,13,15-16H2,1-2H3,(H,32,33,36);1H4/t20-;/m0./s1. The number of halogens is 4. The van der Waals surface area contributed by atoms with Crippen LogP contribution in [0.15, 0.2) is 54.7 Å². The topological polar surface area (TPSA) is 91.8 Å². The van der Waals surface area contributed by atoms with Crippen LogP contribution in [0, 0.1) is 5.82 Å². The first kappa shape index (κ1) is 31.8. The molecular formula is C28H33ClF3N3O4. The van der Waals surface area contributed by atoms with E-state index in [1.54, 1.807) is 18.3 Å². The number of ether oxygens (including phenoxy) is 1. The van der Waals surface area contributed by atoms with E-state index in [-0.39, 0.29) is 37.5 Å². The fraction of sp³-hybridized carbons (Fsp3) is 0.393. The number of fused-ring (bicyclic) bond motifs is 1. The summed E-state index contributed by atoms with van der Waals surface area (Å²) in [6, 6.07) is 12.1. The number of nitrogens with zero attached hydrogens (tertiary/aromatic N) is 2. The van der Waals surface area contributed by atoms with Gasteiger partial charge in [0, 0.05) is 18.0 Å². The van der Waals surface area contributed by atoms with Crippen molar-refractivity contribution >= 4 is 40.2 Å². The molecule has 0 bridgehead atoms. The number of pyridine rings is 1. The van der Waals surface area contributed by atoms with Gasteiger partial charge in [0.1, 0.15) is 18.2 Å². The lowest BCUT2D eigenvalue weighted by atomic mass is 9.97. The van der Waals surface area contributed by atoms with Crippen LogP contribution in [-0.4, -0.2) is 58.2 Å². The van der Waals surface area contributed by atoms with E-state index in [2.05, 4.69) is 10.3 Å². The summed E-state index contributed by atoms with van der Waals surface area (Å²) in [5, 5.41) is 14.4. The summed E-state index contributed by atoms with van der Waals surface area (Å²) in [5.41, 5.74) is -1.01. The van der Waals surface area contributed by atoms with Crippen LogP contribution in [0.1, 0.15) is 39.7 Å². The van der Waals surface area contributed by atoms with Crippen molar-refractivity contribution in [3.63, 3.8) is 0 Å². The second-order valence-corrected chi connectivity index (χ2v) is 9.84. The lowest BCUT2D eigenvalue weighted by molar-refractivity contribution is -0.138. The molecule has 0 fully saturated rings. The highest BCUT2D eigenvalue weighted by atomic mass is 35.5. The number of alkyl halides is 2. The van der Waals surface area contributed by atoms with Crippen LogP contribution < -0.4 is 5.32 Å². The van der Waals surface area contributed by atoms with Gasteiger partial charge in [0.2, 0.25) is 5.91 Å². The smallest absolute Gasteiger partial charge is 0.412 e. The van der Waals surface area contributed by atoms with E-state index in [9.17, 15) is 27.9 Å². The quantitative estimate of drug-likeness (QED) is 0.277. The molecule has 0 saturated carbocycles. The van der Waals surface area contributed by atoms with Gasteiger partial charge in [-0.1, -0.05) is 55.4 Å². The van der Waals surface area contributed by atoms with Gasteiger partial charge in [-0.05, 0) is 49.8 Å². The van der Waals surface area contributed by atoms with Gasteiger partial charge in [-0.25, -0.2) is 22.9 Å². The zero-order valence-corrected chi connectivity index (χ0v) is 21.7. The fourth-order valence-corrected chi connectivity index (χ4v) is 4.25. The van der Waals surface area contributed by atoms with Crippen molar-refractivity contribution in [2.24, 2.45) is 0 Å². The number of rotatable bonds is 11. The molecule has 39 heavy (non-hydrogen) atoms. The summed E-state index contributed by atoms with van der Waals surface area (Å²) in [7, 11) is 0. The fourth-order valence-electron chi connectivity index (χ4n) is 4.03. The van der Waals surface area contributed by atoms with Crippen molar-refractivity contribution in [2.75, 3.05) is 18.5 Å². The van der Waals surface area contributed by atoms with E-state index in [1.165, 1.54) is 26.0 Å². The van der Waals surface area contributed by atoms with Crippen molar-refractivity contribution in [2.45, 2.75) is 58.6 Å². The maximum absolute atomic E-state index is 13.7. The average molecular weight is 568 g/mol. The normalized spacial score (nSPS) is 12.1. The third kappa shape index (κ3) is 9.71. The molecule has 0 radical (unpaired) electrons. The van der Waals surface area contributed by atoms with Crippen LogP contribution in [0.2, 0.25) is 5.02 Å². The maximum atomic E-state index is 13.7. The highest BCUT2D eigenvalue weighted by Gasteiger charge is 2.32. The number of aryl methyl sites for hydroxylation is 1. The average Bonchev–Trinajstić information content (AvgIpc) is 2.85. The Morgan fingerprint density at radius 3 is 2.51 bits per heavy atom. The zero-order valence-electron chi connectivity index (χ0n) is 21.0. The van der Waals surface area contributed by atoms with Crippen LogP contribution in [0.3, 0.4) is 0 Å². The molecule has 11 heteroatoms. The van der Waals surface area contributed by atoms with Gasteiger partial charge in [-0.15, -0.1) is 0 Å². The van der Waals surface area contributed by atoms with Crippen molar-refractivity contribution in [1.29, 1.82) is 0 Å². The summed E-state index contributed by atoms with van der Waals surface area (Å²) >= 11 is 5.95. The van der Waals surface area contributed by atoms with E-state index in [0.717, 1.165) is 15.7 Å². The predicted molar refractivity (Wildman–Crippen MR) is 146 cm³/mol. The van der Waals surface area contributed by atoms with Crippen LogP contribution in [0.4, 0.5) is 23.8 Å². The highest BCUT2D eigenvalue weighted by molar-refractivity contribution is 6.31. The highest BCUT2D eigenvalue weighted by Crippen LogP contribution is 2.23. The number of amides is 2. The van der Waals surface area contributed by atoms with E-state index in [4.69, 9.17) is 16.3 Å². The second-order valence-electron chi connectivity index (χ2n) is 9.46. The van der Waals surface area contributed by atoms with Gasteiger partial charge in [-0.2, -0.15) is 0 Å². The lowest BCUT2D eigenvalue weighted by Crippen LogP contribution is -2.49. The van der Waals surface area contributed by atoms with Crippen molar-refractivity contribution in [3.05, 3.63) is 71.1 Å². The molecule has 3 aromatic rings. The third-order valence-electron chi connectivity index (χ3n) is 5.74. The molecule has 3 rings (SSSR count). The lowest BCUT2D eigenvalue weighted by Gasteiger charge is -2.34. The molecule has 0 aliphatic rings. The molecule has 7 nitrogen and oxygen atoms in total. The van der Waals surface area contributed by atoms with Crippen molar-refractivity contribution in [3.8, 4) is 0 Å². The van der Waals surface area contributed by atoms with E-state index in [1.807, 2.05) is 24.3 Å². The SMILES string of the molecule is C.CC(C)(O)C[C@@H](COC(=O)Nc1cc2ccccc2cn1)N(CC(F)F)C(=O)CCc1cccc(F)c1Cl. The molecule has 1 atom stereocenters. The number of hydrogen-bond acceptors (Lipinski definition) is 5.